The maximum Gasteiger partial charge on any atom is 0.166 e. The topological polar surface area (TPSA) is 34.1 Å². The highest BCUT2D eigenvalue weighted by Gasteiger charge is 2.49. The number of rotatable bonds is 4. The molecule has 1 heterocycles. The largest absolute Gasteiger partial charge is 0.378 e. The van der Waals surface area contributed by atoms with Crippen LogP contribution in [-0.2, 0) is 4.74 Å². The molecule has 5 heteroatoms. The molecule has 0 spiro atoms. The van der Waals surface area contributed by atoms with E-state index < -0.39 is 0 Å². The molecule has 0 amide bonds. The van der Waals surface area contributed by atoms with Gasteiger partial charge in [-0.05, 0) is 35.3 Å². The Morgan fingerprint density at radius 1 is 1.61 bits per heavy atom. The first kappa shape index (κ1) is 13.7. The van der Waals surface area contributed by atoms with Crippen molar-refractivity contribution in [3.05, 3.63) is 22.6 Å². The van der Waals surface area contributed by atoms with Crippen molar-refractivity contribution >= 4 is 21.7 Å². The van der Waals surface area contributed by atoms with Crippen LogP contribution in [0.2, 0.25) is 0 Å². The molecule has 0 bridgehead atoms. The van der Waals surface area contributed by atoms with Gasteiger partial charge in [-0.1, -0.05) is 13.8 Å². The fourth-order valence-electron chi connectivity index (χ4n) is 2.30. The van der Waals surface area contributed by atoms with E-state index in [9.17, 15) is 4.39 Å². The number of aromatic nitrogens is 1. The lowest BCUT2D eigenvalue weighted by molar-refractivity contribution is -0.0977. The van der Waals surface area contributed by atoms with Crippen LogP contribution in [-0.4, -0.2) is 23.7 Å². The Morgan fingerprint density at radius 2 is 2.33 bits per heavy atom. The first-order chi connectivity index (χ1) is 8.45. The first-order valence-corrected chi connectivity index (χ1v) is 6.93. The van der Waals surface area contributed by atoms with Gasteiger partial charge in [-0.15, -0.1) is 0 Å². The average molecular weight is 317 g/mol. The lowest BCUT2D eigenvalue weighted by Gasteiger charge is -2.51. The Morgan fingerprint density at radius 3 is 2.89 bits per heavy atom. The third-order valence-corrected chi connectivity index (χ3v) is 4.10. The Labute approximate surface area is 115 Å². The van der Waals surface area contributed by atoms with E-state index >= 15 is 0 Å². The van der Waals surface area contributed by atoms with Crippen LogP contribution < -0.4 is 5.32 Å². The van der Waals surface area contributed by atoms with Gasteiger partial charge in [-0.3, -0.25) is 0 Å². The van der Waals surface area contributed by atoms with Crippen LogP contribution in [0.15, 0.2) is 16.7 Å². The summed E-state index contributed by atoms with van der Waals surface area (Å²) in [5, 5.41) is 3.17. The fraction of sp³-hybridized carbons (Fsp3) is 0.615. The summed E-state index contributed by atoms with van der Waals surface area (Å²) in [4.78, 5) is 4.06. The Hall–Kier alpha value is -0.680. The van der Waals surface area contributed by atoms with Crippen LogP contribution in [0.4, 0.5) is 10.2 Å². The highest BCUT2D eigenvalue weighted by molar-refractivity contribution is 9.10. The van der Waals surface area contributed by atoms with Gasteiger partial charge in [0.05, 0.1) is 6.10 Å². The molecule has 1 N–H and O–H groups in total. The molecule has 0 radical (unpaired) electrons. The molecule has 3 nitrogen and oxygen atoms in total. The summed E-state index contributed by atoms with van der Waals surface area (Å²) in [6.45, 7) is 6.97. The predicted octanol–water partition coefficient (Wildman–Crippen LogP) is 3.60. The Kier molecular flexibility index (Phi) is 3.92. The number of anilines is 1. The SMILES string of the molecule is CCOC1CC(Nc2ncc(Br)cc2F)C1(C)C. The van der Waals surface area contributed by atoms with Crippen molar-refractivity contribution in [2.75, 3.05) is 11.9 Å². The highest BCUT2D eigenvalue weighted by atomic mass is 79.9. The summed E-state index contributed by atoms with van der Waals surface area (Å²) in [7, 11) is 0. The molecule has 100 valence electrons. The zero-order valence-corrected chi connectivity index (χ0v) is 12.4. The molecule has 0 aromatic carbocycles. The lowest BCUT2D eigenvalue weighted by Crippen LogP contribution is -2.58. The molecule has 1 aliphatic rings. The highest BCUT2D eigenvalue weighted by Crippen LogP contribution is 2.44. The van der Waals surface area contributed by atoms with Gasteiger partial charge in [0.25, 0.3) is 0 Å². The van der Waals surface area contributed by atoms with Crippen LogP contribution >= 0.6 is 15.9 Å². The van der Waals surface area contributed by atoms with Gasteiger partial charge >= 0.3 is 0 Å². The van der Waals surface area contributed by atoms with E-state index in [2.05, 4.69) is 40.1 Å². The maximum atomic E-state index is 13.7. The average Bonchev–Trinajstić information content (AvgIpc) is 2.30. The molecule has 2 rings (SSSR count). The Balaban J connectivity index is 2.03. The third kappa shape index (κ3) is 2.52. The number of nitrogens with zero attached hydrogens (tertiary/aromatic N) is 1. The second-order valence-corrected chi connectivity index (χ2v) is 6.10. The summed E-state index contributed by atoms with van der Waals surface area (Å²) in [5.41, 5.74) is -0.00277. The number of nitrogens with one attached hydrogen (secondary N) is 1. The van der Waals surface area contributed by atoms with Crippen molar-refractivity contribution in [2.24, 2.45) is 5.41 Å². The number of hydrogen-bond donors (Lipinski definition) is 1. The molecule has 1 aromatic rings. The van der Waals surface area contributed by atoms with Crippen molar-refractivity contribution in [3.63, 3.8) is 0 Å². The second kappa shape index (κ2) is 5.13. The van der Waals surface area contributed by atoms with E-state index in [0.717, 1.165) is 6.42 Å². The minimum atomic E-state index is -0.333. The molecule has 0 aliphatic heterocycles. The van der Waals surface area contributed by atoms with E-state index in [0.29, 0.717) is 16.9 Å². The molecule has 1 fully saturated rings. The van der Waals surface area contributed by atoms with Crippen molar-refractivity contribution < 1.29 is 9.13 Å². The molecule has 1 aromatic heterocycles. The molecule has 0 saturated heterocycles. The van der Waals surface area contributed by atoms with Crippen LogP contribution in [0.5, 0.6) is 0 Å². The smallest absolute Gasteiger partial charge is 0.166 e. The monoisotopic (exact) mass is 316 g/mol. The van der Waals surface area contributed by atoms with Crippen molar-refractivity contribution in [1.82, 2.24) is 4.98 Å². The second-order valence-electron chi connectivity index (χ2n) is 5.18. The standard InChI is InChI=1S/C13H18BrFN2O/c1-4-18-11-6-10(13(11,2)3)17-12-9(15)5-8(14)7-16-12/h5,7,10-11H,4,6H2,1-3H3,(H,16,17). The number of halogens is 2. The minimum Gasteiger partial charge on any atom is -0.378 e. The van der Waals surface area contributed by atoms with Gasteiger partial charge in [0.15, 0.2) is 11.6 Å². The maximum absolute atomic E-state index is 13.7. The summed E-state index contributed by atoms with van der Waals surface area (Å²) in [5.74, 6) is -0.0220. The van der Waals surface area contributed by atoms with E-state index in [1.54, 1.807) is 6.20 Å². The van der Waals surface area contributed by atoms with Gasteiger partial charge in [0.2, 0.25) is 0 Å². The third-order valence-electron chi connectivity index (χ3n) is 3.66. The molecule has 2 unspecified atom stereocenters. The number of pyridine rings is 1. The fourth-order valence-corrected chi connectivity index (χ4v) is 2.60. The zero-order chi connectivity index (χ0) is 13.3. The lowest BCUT2D eigenvalue weighted by atomic mass is 9.64. The van der Waals surface area contributed by atoms with E-state index in [1.165, 1.54) is 6.07 Å². The van der Waals surface area contributed by atoms with Crippen molar-refractivity contribution in [3.8, 4) is 0 Å². The van der Waals surface area contributed by atoms with Crippen LogP contribution in [0.25, 0.3) is 0 Å². The minimum absolute atomic E-state index is 0.00277. The molecule has 1 saturated carbocycles. The van der Waals surface area contributed by atoms with Gasteiger partial charge in [0, 0.05) is 28.7 Å². The summed E-state index contributed by atoms with van der Waals surface area (Å²) in [6.07, 6.45) is 2.72. The summed E-state index contributed by atoms with van der Waals surface area (Å²) >= 11 is 3.20. The molecular formula is C13H18BrFN2O. The Bertz CT molecular complexity index is 439. The van der Waals surface area contributed by atoms with Gasteiger partial charge < -0.3 is 10.1 Å². The van der Waals surface area contributed by atoms with Gasteiger partial charge in [-0.2, -0.15) is 0 Å². The number of ether oxygens (including phenoxy) is 1. The summed E-state index contributed by atoms with van der Waals surface area (Å²) in [6, 6.07) is 1.61. The molecule has 1 aliphatic carbocycles. The van der Waals surface area contributed by atoms with Crippen LogP contribution in [0.3, 0.4) is 0 Å². The van der Waals surface area contributed by atoms with E-state index in [1.807, 2.05) is 6.92 Å². The first-order valence-electron chi connectivity index (χ1n) is 6.14. The summed E-state index contributed by atoms with van der Waals surface area (Å²) < 4.78 is 20.0. The molecule has 18 heavy (non-hydrogen) atoms. The normalized spacial score (nSPS) is 25.6. The predicted molar refractivity (Wildman–Crippen MR) is 73.1 cm³/mol. The van der Waals surface area contributed by atoms with Crippen molar-refractivity contribution in [2.45, 2.75) is 39.3 Å². The van der Waals surface area contributed by atoms with E-state index in [4.69, 9.17) is 4.74 Å². The number of hydrogen-bond acceptors (Lipinski definition) is 3. The van der Waals surface area contributed by atoms with E-state index in [-0.39, 0.29) is 23.4 Å². The van der Waals surface area contributed by atoms with Gasteiger partial charge in [0.1, 0.15) is 0 Å². The van der Waals surface area contributed by atoms with Crippen molar-refractivity contribution in [1.29, 1.82) is 0 Å². The van der Waals surface area contributed by atoms with Crippen LogP contribution in [0.1, 0.15) is 27.2 Å². The van der Waals surface area contributed by atoms with Crippen LogP contribution in [0, 0.1) is 11.2 Å². The zero-order valence-electron chi connectivity index (χ0n) is 10.8. The van der Waals surface area contributed by atoms with Gasteiger partial charge in [-0.25, -0.2) is 9.37 Å². The quantitative estimate of drug-likeness (QED) is 0.921. The molecule has 2 atom stereocenters. The molecular weight excluding hydrogens is 299 g/mol.